The highest BCUT2D eigenvalue weighted by atomic mass is 35.5. The number of aromatic nitrogens is 2. The van der Waals surface area contributed by atoms with Gasteiger partial charge >= 0.3 is 5.97 Å². The maximum Gasteiger partial charge on any atom is 0.326 e. The fourth-order valence-electron chi connectivity index (χ4n) is 2.79. The Bertz CT molecular complexity index is 1050. The van der Waals surface area contributed by atoms with Crippen molar-refractivity contribution < 1.29 is 19.1 Å². The number of esters is 1. The van der Waals surface area contributed by atoms with Crippen LogP contribution in [0.3, 0.4) is 0 Å². The van der Waals surface area contributed by atoms with E-state index in [-0.39, 0.29) is 41.2 Å². The molecule has 0 aliphatic rings. The third-order valence-electron chi connectivity index (χ3n) is 4.52. The maximum atomic E-state index is 12.2. The van der Waals surface area contributed by atoms with E-state index in [1.807, 2.05) is 24.3 Å². The molecule has 2 aromatic rings. The van der Waals surface area contributed by atoms with Gasteiger partial charge in [0.2, 0.25) is 0 Å². The first kappa shape index (κ1) is 27.6. The lowest BCUT2D eigenvalue weighted by Gasteiger charge is -2.14. The number of hydrogen-bond acceptors (Lipinski definition) is 10. The summed E-state index contributed by atoms with van der Waals surface area (Å²) in [6, 6.07) is 6.67. The number of nitrogens with two attached hydrogens (primary N) is 4. The van der Waals surface area contributed by atoms with Gasteiger partial charge in [-0.1, -0.05) is 23.7 Å². The van der Waals surface area contributed by atoms with Crippen molar-refractivity contribution in [3.8, 4) is 5.75 Å². The Hall–Kier alpha value is -3.64. The fraction of sp³-hybridized carbons (Fsp3) is 0.409. The van der Waals surface area contributed by atoms with Gasteiger partial charge in [0.1, 0.15) is 18.4 Å². The van der Waals surface area contributed by atoms with Crippen LogP contribution in [0, 0.1) is 0 Å². The van der Waals surface area contributed by atoms with Gasteiger partial charge in [-0.3, -0.25) is 19.9 Å². The average molecular weight is 507 g/mol. The Kier molecular flexibility index (Phi) is 10.5. The highest BCUT2D eigenvalue weighted by molar-refractivity contribution is 6.31. The van der Waals surface area contributed by atoms with Crippen molar-refractivity contribution in [1.29, 1.82) is 0 Å². The second-order valence-corrected chi connectivity index (χ2v) is 8.22. The van der Waals surface area contributed by atoms with Crippen LogP contribution in [0.1, 0.15) is 42.7 Å². The fourth-order valence-corrected chi connectivity index (χ4v) is 2.92. The molecule has 0 saturated carbocycles. The van der Waals surface area contributed by atoms with Gasteiger partial charge < -0.3 is 32.4 Å². The van der Waals surface area contributed by atoms with E-state index in [4.69, 9.17) is 44.0 Å². The van der Waals surface area contributed by atoms with Crippen molar-refractivity contribution in [1.82, 2.24) is 15.3 Å². The molecular weight excluding hydrogens is 476 g/mol. The van der Waals surface area contributed by atoms with Crippen LogP contribution in [0.4, 0.5) is 11.6 Å². The second kappa shape index (κ2) is 13.3. The number of carbonyl (C=O) groups excluding carboxylic acids is 2. The number of unbranched alkanes of at least 4 members (excludes halogenated alkanes) is 1. The standard InChI is InChI=1S/C22H31ClN8O4/c1-12(2)35-21(33)15(24)11-34-14-8-6-13(7-9-14)5-3-4-10-28-22(27)31-20(32)16-18(25)30-19(26)17(23)29-16/h6-9,12,15H,3-5,10-11,24H2,1-2H3,(H4,25,26,30)(H3,27,28,31,32)/t15-/m0/s1. The average Bonchev–Trinajstić information content (AvgIpc) is 2.79. The minimum Gasteiger partial charge on any atom is -0.491 e. The molecule has 1 aromatic carbocycles. The van der Waals surface area contributed by atoms with Crippen LogP contribution in [0.25, 0.3) is 0 Å². The number of carbonyl (C=O) groups is 2. The van der Waals surface area contributed by atoms with E-state index in [2.05, 4.69) is 20.3 Å². The number of halogens is 1. The first-order chi connectivity index (χ1) is 16.6. The highest BCUT2D eigenvalue weighted by Gasteiger charge is 2.18. The molecule has 0 aliphatic carbocycles. The number of anilines is 2. The van der Waals surface area contributed by atoms with Crippen molar-refractivity contribution in [2.24, 2.45) is 16.5 Å². The molecule has 0 spiro atoms. The molecule has 0 bridgehead atoms. The van der Waals surface area contributed by atoms with Gasteiger partial charge in [-0.2, -0.15) is 0 Å². The van der Waals surface area contributed by atoms with Crippen LogP contribution in [0.2, 0.25) is 5.15 Å². The maximum absolute atomic E-state index is 12.2. The molecule has 0 radical (unpaired) electrons. The van der Waals surface area contributed by atoms with Crippen LogP contribution in [0.5, 0.6) is 5.75 Å². The minimum atomic E-state index is -0.843. The van der Waals surface area contributed by atoms with Crippen LogP contribution in [-0.2, 0) is 16.0 Å². The predicted molar refractivity (Wildman–Crippen MR) is 134 cm³/mol. The molecule has 0 fully saturated rings. The number of guanidine groups is 1. The van der Waals surface area contributed by atoms with Gasteiger partial charge in [0.05, 0.1) is 6.10 Å². The van der Waals surface area contributed by atoms with E-state index in [1.54, 1.807) is 13.8 Å². The number of rotatable bonds is 11. The van der Waals surface area contributed by atoms with Gasteiger partial charge in [0.15, 0.2) is 28.4 Å². The van der Waals surface area contributed by atoms with Crippen molar-refractivity contribution in [3.63, 3.8) is 0 Å². The van der Waals surface area contributed by atoms with Gasteiger partial charge in [-0.05, 0) is 50.8 Å². The summed E-state index contributed by atoms with van der Waals surface area (Å²) in [7, 11) is 0. The summed E-state index contributed by atoms with van der Waals surface area (Å²) >= 11 is 5.77. The molecule has 1 amide bonds. The zero-order valence-electron chi connectivity index (χ0n) is 19.7. The Labute approximate surface area is 208 Å². The largest absolute Gasteiger partial charge is 0.491 e. The van der Waals surface area contributed by atoms with Crippen LogP contribution >= 0.6 is 11.6 Å². The molecule has 9 N–H and O–H groups in total. The molecule has 35 heavy (non-hydrogen) atoms. The Balaban J connectivity index is 1.71. The molecule has 1 atom stereocenters. The minimum absolute atomic E-state index is 0.0331. The third kappa shape index (κ3) is 9.26. The second-order valence-electron chi connectivity index (χ2n) is 7.86. The molecule has 190 valence electrons. The lowest BCUT2D eigenvalue weighted by molar-refractivity contribution is -0.149. The smallest absolute Gasteiger partial charge is 0.326 e. The summed E-state index contributed by atoms with van der Waals surface area (Å²) in [5.41, 5.74) is 23.6. The number of hydrogen-bond donors (Lipinski definition) is 5. The van der Waals surface area contributed by atoms with E-state index < -0.39 is 17.9 Å². The summed E-state index contributed by atoms with van der Waals surface area (Å²) in [6.07, 6.45) is 2.19. The third-order valence-corrected chi connectivity index (χ3v) is 4.80. The number of amides is 1. The van der Waals surface area contributed by atoms with Crippen LogP contribution < -0.4 is 33.0 Å². The quantitative estimate of drug-likeness (QED) is 0.126. The number of aryl methyl sites for hydroxylation is 1. The Morgan fingerprint density at radius 3 is 2.46 bits per heavy atom. The van der Waals surface area contributed by atoms with E-state index >= 15 is 0 Å². The predicted octanol–water partition coefficient (Wildman–Crippen LogP) is 1.02. The lowest BCUT2D eigenvalue weighted by atomic mass is 10.1. The van der Waals surface area contributed by atoms with E-state index in [0.29, 0.717) is 12.3 Å². The summed E-state index contributed by atoms with van der Waals surface area (Å²) in [4.78, 5) is 35.6. The number of nitrogens with zero attached hydrogens (tertiary/aromatic N) is 3. The molecule has 0 aliphatic heterocycles. The van der Waals surface area contributed by atoms with Gasteiger partial charge in [-0.25, -0.2) is 9.97 Å². The number of nitrogen functional groups attached to an aromatic ring is 2. The number of nitrogens with one attached hydrogen (secondary N) is 1. The monoisotopic (exact) mass is 506 g/mol. The summed E-state index contributed by atoms with van der Waals surface area (Å²) in [5, 5.41) is 2.26. The summed E-state index contributed by atoms with van der Waals surface area (Å²) in [6.45, 7) is 3.97. The number of ether oxygens (including phenoxy) is 2. The van der Waals surface area contributed by atoms with Gasteiger partial charge in [0.25, 0.3) is 5.91 Å². The molecular formula is C22H31ClN8O4. The number of aliphatic imine (C=N–C) groups is 1. The van der Waals surface area contributed by atoms with Crippen molar-refractivity contribution in [2.45, 2.75) is 45.3 Å². The molecule has 0 saturated heterocycles. The topological polar surface area (TPSA) is 207 Å². The SMILES string of the molecule is CC(C)OC(=O)[C@@H](N)COc1ccc(CCCCN=C(N)NC(=O)c2nc(Cl)c(N)nc2N)cc1. The van der Waals surface area contributed by atoms with E-state index in [0.717, 1.165) is 24.8 Å². The van der Waals surface area contributed by atoms with E-state index in [1.165, 1.54) is 0 Å². The first-order valence-corrected chi connectivity index (χ1v) is 11.3. The molecule has 1 aromatic heterocycles. The van der Waals surface area contributed by atoms with E-state index in [9.17, 15) is 9.59 Å². The van der Waals surface area contributed by atoms with Crippen molar-refractivity contribution in [2.75, 3.05) is 24.6 Å². The molecule has 12 nitrogen and oxygen atoms in total. The molecule has 13 heteroatoms. The molecule has 2 rings (SSSR count). The lowest BCUT2D eigenvalue weighted by Crippen LogP contribution is -2.38. The normalized spacial score (nSPS) is 12.3. The highest BCUT2D eigenvalue weighted by Crippen LogP contribution is 2.17. The van der Waals surface area contributed by atoms with Gasteiger partial charge in [-0.15, -0.1) is 0 Å². The zero-order valence-corrected chi connectivity index (χ0v) is 20.4. The van der Waals surface area contributed by atoms with Crippen molar-refractivity contribution >= 4 is 41.1 Å². The number of benzene rings is 1. The Morgan fingerprint density at radius 1 is 1.11 bits per heavy atom. The molecule has 0 unspecified atom stereocenters. The Morgan fingerprint density at radius 2 is 1.80 bits per heavy atom. The summed E-state index contributed by atoms with van der Waals surface area (Å²) < 4.78 is 10.6. The first-order valence-electron chi connectivity index (χ1n) is 10.9. The van der Waals surface area contributed by atoms with Crippen LogP contribution in [0.15, 0.2) is 29.3 Å². The van der Waals surface area contributed by atoms with Crippen LogP contribution in [-0.4, -0.2) is 53.1 Å². The zero-order chi connectivity index (χ0) is 26.0. The molecule has 1 heterocycles. The van der Waals surface area contributed by atoms with Crippen molar-refractivity contribution in [3.05, 3.63) is 40.7 Å². The van der Waals surface area contributed by atoms with Gasteiger partial charge in [0, 0.05) is 6.54 Å². The summed E-state index contributed by atoms with van der Waals surface area (Å²) in [5.74, 6) is -0.865.